The Kier molecular flexibility index (Phi) is 2.28. The van der Waals surface area contributed by atoms with Gasteiger partial charge in [0.1, 0.15) is 5.69 Å². The SMILES string of the molecule is N/C(=C\S)c1cnccn1. The number of rotatable bonds is 1. The molecule has 0 unspecified atom stereocenters. The summed E-state index contributed by atoms with van der Waals surface area (Å²) in [5.41, 5.74) is 6.65. The van der Waals surface area contributed by atoms with Crippen LogP contribution in [0.25, 0.3) is 5.70 Å². The number of nitrogens with zero attached hydrogens (tertiary/aromatic N) is 2. The van der Waals surface area contributed by atoms with Gasteiger partial charge in [0.05, 0.1) is 11.9 Å². The zero-order valence-electron chi connectivity index (χ0n) is 5.23. The summed E-state index contributed by atoms with van der Waals surface area (Å²) in [5.74, 6) is 0. The van der Waals surface area contributed by atoms with Crippen molar-refractivity contribution >= 4 is 18.3 Å². The highest BCUT2D eigenvalue weighted by atomic mass is 32.1. The van der Waals surface area contributed by atoms with E-state index in [0.29, 0.717) is 11.4 Å². The third-order valence-corrected chi connectivity index (χ3v) is 1.28. The Hall–Kier alpha value is -1.03. The lowest BCUT2D eigenvalue weighted by atomic mass is 10.4. The van der Waals surface area contributed by atoms with E-state index >= 15 is 0 Å². The first-order valence-corrected chi connectivity index (χ1v) is 3.22. The summed E-state index contributed by atoms with van der Waals surface area (Å²) in [7, 11) is 0. The molecule has 0 saturated carbocycles. The van der Waals surface area contributed by atoms with Crippen molar-refractivity contribution in [2.24, 2.45) is 5.73 Å². The number of hydrogen-bond donors (Lipinski definition) is 2. The molecular formula is C6H7N3S. The average molecular weight is 153 g/mol. The Labute approximate surface area is 64.4 Å². The summed E-state index contributed by atoms with van der Waals surface area (Å²) < 4.78 is 0. The molecule has 10 heavy (non-hydrogen) atoms. The summed E-state index contributed by atoms with van der Waals surface area (Å²) in [6.45, 7) is 0. The first-order chi connectivity index (χ1) is 4.84. The van der Waals surface area contributed by atoms with E-state index in [2.05, 4.69) is 22.6 Å². The molecule has 0 aliphatic heterocycles. The first-order valence-electron chi connectivity index (χ1n) is 2.71. The van der Waals surface area contributed by atoms with Gasteiger partial charge in [0, 0.05) is 12.4 Å². The van der Waals surface area contributed by atoms with Crippen LogP contribution in [-0.2, 0) is 0 Å². The van der Waals surface area contributed by atoms with Crippen molar-refractivity contribution in [1.29, 1.82) is 0 Å². The van der Waals surface area contributed by atoms with E-state index in [1.165, 1.54) is 5.41 Å². The Balaban J connectivity index is 2.96. The monoisotopic (exact) mass is 153 g/mol. The second kappa shape index (κ2) is 3.22. The summed E-state index contributed by atoms with van der Waals surface area (Å²) in [6, 6.07) is 0. The van der Waals surface area contributed by atoms with Gasteiger partial charge in [-0.3, -0.25) is 9.97 Å². The smallest absolute Gasteiger partial charge is 0.105 e. The van der Waals surface area contributed by atoms with Crippen LogP contribution in [0.15, 0.2) is 24.0 Å². The molecule has 1 aromatic rings. The van der Waals surface area contributed by atoms with Gasteiger partial charge in [-0.25, -0.2) is 0 Å². The minimum absolute atomic E-state index is 0.524. The molecule has 2 N–H and O–H groups in total. The van der Waals surface area contributed by atoms with Gasteiger partial charge in [-0.05, 0) is 5.41 Å². The van der Waals surface area contributed by atoms with Crippen LogP contribution in [0.4, 0.5) is 0 Å². The molecule has 3 nitrogen and oxygen atoms in total. The first kappa shape index (κ1) is 7.08. The van der Waals surface area contributed by atoms with Gasteiger partial charge in [0.15, 0.2) is 0 Å². The molecule has 52 valence electrons. The molecule has 4 heteroatoms. The maximum atomic E-state index is 5.48. The molecule has 0 atom stereocenters. The van der Waals surface area contributed by atoms with Gasteiger partial charge in [0.25, 0.3) is 0 Å². The fraction of sp³-hybridized carbons (Fsp3) is 0. The van der Waals surface area contributed by atoms with E-state index in [-0.39, 0.29) is 0 Å². The third kappa shape index (κ3) is 1.48. The maximum absolute atomic E-state index is 5.48. The van der Waals surface area contributed by atoms with Gasteiger partial charge in [-0.15, -0.1) is 12.6 Å². The van der Waals surface area contributed by atoms with E-state index in [9.17, 15) is 0 Å². The van der Waals surface area contributed by atoms with Crippen molar-refractivity contribution in [2.75, 3.05) is 0 Å². The normalized spacial score (nSPS) is 11.5. The zero-order valence-corrected chi connectivity index (χ0v) is 6.12. The second-order valence-electron chi connectivity index (χ2n) is 1.68. The van der Waals surface area contributed by atoms with Crippen molar-refractivity contribution in [2.45, 2.75) is 0 Å². The fourth-order valence-electron chi connectivity index (χ4n) is 0.514. The standard InChI is InChI=1S/C6H7N3S/c7-5(4-10)6-3-8-1-2-9-6/h1-4,10H,7H2/b5-4-. The Morgan fingerprint density at radius 3 is 2.90 bits per heavy atom. The summed E-state index contributed by atoms with van der Waals surface area (Å²) in [5, 5.41) is 1.49. The van der Waals surface area contributed by atoms with Crippen molar-refractivity contribution in [3.63, 3.8) is 0 Å². The van der Waals surface area contributed by atoms with Crippen LogP contribution >= 0.6 is 12.6 Å². The van der Waals surface area contributed by atoms with Crippen LogP contribution in [0.1, 0.15) is 5.69 Å². The molecule has 1 aromatic heterocycles. The van der Waals surface area contributed by atoms with Crippen molar-refractivity contribution in [1.82, 2.24) is 9.97 Å². The molecule has 1 heterocycles. The number of thiol groups is 1. The number of hydrogen-bond acceptors (Lipinski definition) is 4. The van der Waals surface area contributed by atoms with Crippen molar-refractivity contribution in [3.8, 4) is 0 Å². The minimum atomic E-state index is 0.524. The second-order valence-corrected chi connectivity index (χ2v) is 1.93. The predicted octanol–water partition coefficient (Wildman–Crippen LogP) is 0.663. The molecule has 0 spiro atoms. The summed E-state index contributed by atoms with van der Waals surface area (Å²) in [4.78, 5) is 7.78. The molecule has 0 aliphatic carbocycles. The van der Waals surface area contributed by atoms with Gasteiger partial charge >= 0.3 is 0 Å². The molecule has 0 radical (unpaired) electrons. The topological polar surface area (TPSA) is 51.8 Å². The predicted molar refractivity (Wildman–Crippen MR) is 43.2 cm³/mol. The van der Waals surface area contributed by atoms with Crippen LogP contribution in [0.2, 0.25) is 0 Å². The third-order valence-electron chi connectivity index (χ3n) is 0.998. The summed E-state index contributed by atoms with van der Waals surface area (Å²) in [6.07, 6.45) is 4.76. The number of aromatic nitrogens is 2. The lowest BCUT2D eigenvalue weighted by molar-refractivity contribution is 1.16. The van der Waals surface area contributed by atoms with E-state index < -0.39 is 0 Å². The van der Waals surface area contributed by atoms with Gasteiger partial charge in [0.2, 0.25) is 0 Å². The quantitative estimate of drug-likeness (QED) is 0.583. The lowest BCUT2D eigenvalue weighted by Crippen LogP contribution is -1.97. The van der Waals surface area contributed by atoms with Crippen molar-refractivity contribution in [3.05, 3.63) is 29.7 Å². The maximum Gasteiger partial charge on any atom is 0.105 e. The summed E-state index contributed by atoms with van der Waals surface area (Å²) >= 11 is 3.87. The Bertz CT molecular complexity index is 232. The van der Waals surface area contributed by atoms with E-state index in [0.717, 1.165) is 0 Å². The van der Waals surface area contributed by atoms with E-state index in [1.807, 2.05) is 0 Å². The highest BCUT2D eigenvalue weighted by Crippen LogP contribution is 2.02. The Morgan fingerprint density at radius 1 is 1.60 bits per heavy atom. The average Bonchev–Trinajstić information content (AvgIpc) is 2.05. The highest BCUT2D eigenvalue weighted by Gasteiger charge is 1.93. The molecule has 0 fully saturated rings. The highest BCUT2D eigenvalue weighted by molar-refractivity contribution is 7.83. The van der Waals surface area contributed by atoms with Gasteiger partial charge in [-0.2, -0.15) is 0 Å². The van der Waals surface area contributed by atoms with Gasteiger partial charge < -0.3 is 5.73 Å². The van der Waals surface area contributed by atoms with Crippen LogP contribution in [0.3, 0.4) is 0 Å². The molecule has 0 amide bonds. The minimum Gasteiger partial charge on any atom is -0.397 e. The van der Waals surface area contributed by atoms with Crippen LogP contribution in [0.5, 0.6) is 0 Å². The van der Waals surface area contributed by atoms with Crippen molar-refractivity contribution < 1.29 is 0 Å². The molecule has 0 saturated heterocycles. The molecule has 0 aromatic carbocycles. The molecule has 0 aliphatic rings. The lowest BCUT2D eigenvalue weighted by Gasteiger charge is -1.94. The van der Waals surface area contributed by atoms with Crippen LogP contribution < -0.4 is 5.73 Å². The van der Waals surface area contributed by atoms with Crippen LogP contribution in [0, 0.1) is 0 Å². The van der Waals surface area contributed by atoms with E-state index in [1.54, 1.807) is 18.6 Å². The Morgan fingerprint density at radius 2 is 2.40 bits per heavy atom. The van der Waals surface area contributed by atoms with Crippen LogP contribution in [-0.4, -0.2) is 9.97 Å². The van der Waals surface area contributed by atoms with E-state index in [4.69, 9.17) is 5.73 Å². The number of nitrogens with two attached hydrogens (primary N) is 1. The molecular weight excluding hydrogens is 146 g/mol. The largest absolute Gasteiger partial charge is 0.397 e. The van der Waals surface area contributed by atoms with Gasteiger partial charge in [-0.1, -0.05) is 0 Å². The molecule has 1 rings (SSSR count). The zero-order chi connectivity index (χ0) is 7.40. The fourth-order valence-corrected chi connectivity index (χ4v) is 0.647. The molecule has 0 bridgehead atoms.